The molecule has 154 valence electrons. The van der Waals surface area contributed by atoms with Crippen LogP contribution < -0.4 is 5.32 Å². The van der Waals surface area contributed by atoms with E-state index in [1.54, 1.807) is 24.3 Å². The van der Waals surface area contributed by atoms with Gasteiger partial charge in [0, 0.05) is 22.3 Å². The van der Waals surface area contributed by atoms with Gasteiger partial charge in [-0.15, -0.1) is 0 Å². The molecular formula is C25H19NO5. The van der Waals surface area contributed by atoms with E-state index in [1.165, 1.54) is 18.2 Å². The second kappa shape index (κ2) is 8.36. The summed E-state index contributed by atoms with van der Waals surface area (Å²) in [6.45, 7) is 1.32. The molecule has 3 aromatic carbocycles. The SMILES string of the molecule is C[C@H](NC(=O)COC(=O)c1cccc2c1C(=O)c1ccccc1C2=O)c1ccccc1. The van der Waals surface area contributed by atoms with Crippen molar-refractivity contribution in [1.82, 2.24) is 5.32 Å². The zero-order valence-corrected chi connectivity index (χ0v) is 16.8. The van der Waals surface area contributed by atoms with Crippen molar-refractivity contribution in [2.45, 2.75) is 13.0 Å². The standard InChI is InChI=1S/C25H19NO5/c1-15(16-8-3-2-4-9-16)26-21(27)14-31-25(30)20-13-7-12-19-22(20)24(29)18-11-6-5-10-17(18)23(19)28/h2-13,15H,14H2,1H3,(H,26,27)/t15-/m0/s1. The Bertz CT molecular complexity index is 1200. The lowest BCUT2D eigenvalue weighted by molar-refractivity contribution is -0.124. The molecule has 0 spiro atoms. The van der Waals surface area contributed by atoms with Gasteiger partial charge < -0.3 is 10.1 Å². The highest BCUT2D eigenvalue weighted by molar-refractivity contribution is 6.30. The van der Waals surface area contributed by atoms with Crippen LogP contribution in [0.2, 0.25) is 0 Å². The highest BCUT2D eigenvalue weighted by atomic mass is 16.5. The normalized spacial score (nSPS) is 13.1. The molecule has 3 aromatic rings. The number of carbonyl (C=O) groups is 4. The minimum Gasteiger partial charge on any atom is -0.452 e. The number of esters is 1. The minimum atomic E-state index is -0.833. The molecule has 31 heavy (non-hydrogen) atoms. The fourth-order valence-corrected chi connectivity index (χ4v) is 3.63. The van der Waals surface area contributed by atoms with Gasteiger partial charge in [-0.05, 0) is 18.6 Å². The zero-order chi connectivity index (χ0) is 22.0. The second-order valence-corrected chi connectivity index (χ2v) is 7.21. The van der Waals surface area contributed by atoms with Crippen molar-refractivity contribution in [2.24, 2.45) is 0 Å². The first-order valence-corrected chi connectivity index (χ1v) is 9.80. The Hall–Kier alpha value is -4.06. The van der Waals surface area contributed by atoms with E-state index in [-0.39, 0.29) is 34.1 Å². The van der Waals surface area contributed by atoms with Crippen LogP contribution >= 0.6 is 0 Å². The Balaban J connectivity index is 1.50. The van der Waals surface area contributed by atoms with E-state index in [4.69, 9.17) is 4.74 Å². The van der Waals surface area contributed by atoms with E-state index in [0.29, 0.717) is 5.56 Å². The third-order valence-electron chi connectivity index (χ3n) is 5.18. The molecule has 1 aliphatic carbocycles. The maximum absolute atomic E-state index is 13.0. The molecule has 0 saturated heterocycles. The molecule has 6 heteroatoms. The number of ether oxygens (including phenoxy) is 1. The van der Waals surface area contributed by atoms with Crippen molar-refractivity contribution in [3.63, 3.8) is 0 Å². The lowest BCUT2D eigenvalue weighted by Crippen LogP contribution is -2.31. The maximum Gasteiger partial charge on any atom is 0.339 e. The quantitative estimate of drug-likeness (QED) is 0.506. The van der Waals surface area contributed by atoms with E-state index >= 15 is 0 Å². The van der Waals surface area contributed by atoms with Crippen LogP contribution in [0.5, 0.6) is 0 Å². The van der Waals surface area contributed by atoms with Gasteiger partial charge in [-0.2, -0.15) is 0 Å². The lowest BCUT2D eigenvalue weighted by atomic mass is 9.82. The van der Waals surface area contributed by atoms with Crippen LogP contribution in [0.25, 0.3) is 0 Å². The van der Waals surface area contributed by atoms with E-state index in [0.717, 1.165) is 5.56 Å². The molecule has 6 nitrogen and oxygen atoms in total. The van der Waals surface area contributed by atoms with Gasteiger partial charge in [-0.25, -0.2) is 4.79 Å². The predicted octanol–water partition coefficient (Wildman–Crippen LogP) is 3.50. The number of hydrogen-bond acceptors (Lipinski definition) is 5. The van der Waals surface area contributed by atoms with Crippen molar-refractivity contribution < 1.29 is 23.9 Å². The molecule has 0 saturated carbocycles. The van der Waals surface area contributed by atoms with Gasteiger partial charge in [0.05, 0.1) is 11.6 Å². The topological polar surface area (TPSA) is 89.5 Å². The molecule has 1 amide bonds. The number of fused-ring (bicyclic) bond motifs is 2. The summed E-state index contributed by atoms with van der Waals surface area (Å²) in [5, 5.41) is 2.76. The molecule has 0 unspecified atom stereocenters. The van der Waals surface area contributed by atoms with Crippen LogP contribution in [0.3, 0.4) is 0 Å². The van der Waals surface area contributed by atoms with Gasteiger partial charge in [-0.1, -0.05) is 66.7 Å². The number of nitrogens with one attached hydrogen (secondary N) is 1. The Kier molecular flexibility index (Phi) is 5.45. The summed E-state index contributed by atoms with van der Waals surface area (Å²) < 4.78 is 5.15. The molecular weight excluding hydrogens is 394 g/mol. The number of ketones is 2. The Morgan fingerprint density at radius 2 is 1.42 bits per heavy atom. The van der Waals surface area contributed by atoms with E-state index in [9.17, 15) is 19.2 Å². The Morgan fingerprint density at radius 1 is 0.806 bits per heavy atom. The predicted molar refractivity (Wildman–Crippen MR) is 113 cm³/mol. The number of benzene rings is 3. The third-order valence-corrected chi connectivity index (χ3v) is 5.18. The monoisotopic (exact) mass is 413 g/mol. The average molecular weight is 413 g/mol. The van der Waals surface area contributed by atoms with Gasteiger partial charge in [0.1, 0.15) is 0 Å². The fourth-order valence-electron chi connectivity index (χ4n) is 3.63. The molecule has 1 N–H and O–H groups in total. The van der Waals surface area contributed by atoms with Crippen molar-refractivity contribution in [1.29, 1.82) is 0 Å². The highest BCUT2D eigenvalue weighted by Crippen LogP contribution is 2.29. The van der Waals surface area contributed by atoms with E-state index in [2.05, 4.69) is 5.32 Å². The summed E-state index contributed by atoms with van der Waals surface area (Å²) in [5.41, 5.74) is 1.60. The minimum absolute atomic E-state index is 0.00858. The summed E-state index contributed by atoms with van der Waals surface area (Å²) in [7, 11) is 0. The molecule has 4 rings (SSSR count). The van der Waals surface area contributed by atoms with Gasteiger partial charge in [0.25, 0.3) is 5.91 Å². The van der Waals surface area contributed by atoms with E-state index in [1.807, 2.05) is 37.3 Å². The zero-order valence-electron chi connectivity index (χ0n) is 16.8. The van der Waals surface area contributed by atoms with Crippen LogP contribution in [0.4, 0.5) is 0 Å². The van der Waals surface area contributed by atoms with Gasteiger partial charge >= 0.3 is 5.97 Å². The lowest BCUT2D eigenvalue weighted by Gasteiger charge is -2.19. The molecule has 1 aliphatic rings. The molecule has 0 heterocycles. The van der Waals surface area contributed by atoms with E-state index < -0.39 is 24.3 Å². The summed E-state index contributed by atoms with van der Waals surface area (Å²) >= 11 is 0. The smallest absolute Gasteiger partial charge is 0.339 e. The highest BCUT2D eigenvalue weighted by Gasteiger charge is 2.33. The maximum atomic E-state index is 13.0. The van der Waals surface area contributed by atoms with Crippen LogP contribution in [-0.2, 0) is 9.53 Å². The summed E-state index contributed by atoms with van der Waals surface area (Å²) in [4.78, 5) is 50.7. The molecule has 0 bridgehead atoms. The first-order valence-electron chi connectivity index (χ1n) is 9.80. The number of carbonyl (C=O) groups excluding carboxylic acids is 4. The molecule has 0 fully saturated rings. The largest absolute Gasteiger partial charge is 0.452 e. The van der Waals surface area contributed by atoms with Crippen LogP contribution in [-0.4, -0.2) is 30.0 Å². The summed E-state index contributed by atoms with van der Waals surface area (Å²) in [6.07, 6.45) is 0. The second-order valence-electron chi connectivity index (χ2n) is 7.21. The van der Waals surface area contributed by atoms with Crippen molar-refractivity contribution in [3.8, 4) is 0 Å². The Labute approximate surface area is 178 Å². The van der Waals surface area contributed by atoms with Gasteiger partial charge in [-0.3, -0.25) is 14.4 Å². The first kappa shape index (κ1) is 20.2. The molecule has 1 atom stereocenters. The van der Waals surface area contributed by atoms with Gasteiger partial charge in [0.2, 0.25) is 0 Å². The fraction of sp³-hybridized carbons (Fsp3) is 0.120. The summed E-state index contributed by atoms with van der Waals surface area (Å²) in [6, 6.07) is 20.1. The van der Waals surface area contributed by atoms with Crippen LogP contribution in [0.1, 0.15) is 60.7 Å². The number of rotatable bonds is 5. The van der Waals surface area contributed by atoms with Crippen molar-refractivity contribution in [2.75, 3.05) is 6.61 Å². The molecule has 0 aliphatic heterocycles. The third kappa shape index (κ3) is 3.88. The Morgan fingerprint density at radius 3 is 2.13 bits per heavy atom. The average Bonchev–Trinajstić information content (AvgIpc) is 2.81. The van der Waals surface area contributed by atoms with Crippen LogP contribution in [0, 0.1) is 0 Å². The molecule has 0 radical (unpaired) electrons. The van der Waals surface area contributed by atoms with Crippen LogP contribution in [0.15, 0.2) is 72.8 Å². The molecule has 0 aromatic heterocycles. The number of amides is 1. The van der Waals surface area contributed by atoms with Crippen molar-refractivity contribution in [3.05, 3.63) is 106 Å². The van der Waals surface area contributed by atoms with Crippen molar-refractivity contribution >= 4 is 23.4 Å². The number of hydrogen-bond donors (Lipinski definition) is 1. The summed E-state index contributed by atoms with van der Waals surface area (Å²) in [5.74, 6) is -2.05. The first-order chi connectivity index (χ1) is 15.0. The van der Waals surface area contributed by atoms with Gasteiger partial charge in [0.15, 0.2) is 18.2 Å².